The molecule has 7 atom stereocenters. The van der Waals surface area contributed by atoms with Crippen LogP contribution >= 0.6 is 0 Å². The van der Waals surface area contributed by atoms with E-state index in [9.17, 15) is 30.3 Å². The van der Waals surface area contributed by atoms with Crippen LogP contribution < -0.4 is 4.74 Å². The number of phenols is 3. The number of aliphatic hydroxyl groups is 2. The van der Waals surface area contributed by atoms with E-state index in [4.69, 9.17) is 4.74 Å². The first-order valence-electron chi connectivity index (χ1n) is 16.0. The number of ketones is 1. The van der Waals surface area contributed by atoms with Gasteiger partial charge in [-0.15, -0.1) is 5.92 Å². The van der Waals surface area contributed by atoms with Gasteiger partial charge in [0, 0.05) is 42.4 Å². The molecule has 0 unspecified atom stereocenters. The van der Waals surface area contributed by atoms with Crippen molar-refractivity contribution in [3.63, 3.8) is 0 Å². The van der Waals surface area contributed by atoms with Crippen LogP contribution in [0.1, 0.15) is 73.1 Å². The monoisotopic (exact) mass is 610 g/mol. The SMILES string of the molecule is COc1cc([C@H]2CC(=O)C[C@H](O)[C@H]([C@@]34c5cc(O)c(O)cc5CC[C@H]3CCC[C@H]4O)CC#C[C@H]2Cc2ccccc2)ccc1O. The third-order valence-corrected chi connectivity index (χ3v) is 10.7. The Bertz CT molecular complexity index is 1610. The number of aryl methyl sites for hydroxylation is 1. The van der Waals surface area contributed by atoms with Gasteiger partial charge in [-0.1, -0.05) is 48.7 Å². The van der Waals surface area contributed by atoms with E-state index >= 15 is 0 Å². The molecule has 0 aliphatic heterocycles. The minimum absolute atomic E-state index is 0.0170. The van der Waals surface area contributed by atoms with E-state index < -0.39 is 23.5 Å². The van der Waals surface area contributed by atoms with E-state index in [2.05, 4.69) is 11.8 Å². The van der Waals surface area contributed by atoms with Gasteiger partial charge in [0.05, 0.1) is 19.3 Å². The molecule has 0 amide bonds. The number of fused-ring (bicyclic) bond motifs is 3. The molecule has 7 nitrogen and oxygen atoms in total. The summed E-state index contributed by atoms with van der Waals surface area (Å²) >= 11 is 0. The van der Waals surface area contributed by atoms with Crippen LogP contribution in [0.15, 0.2) is 60.7 Å². The zero-order valence-corrected chi connectivity index (χ0v) is 25.7. The number of rotatable bonds is 5. The summed E-state index contributed by atoms with van der Waals surface area (Å²) in [7, 11) is 1.49. The molecule has 3 aromatic rings. The van der Waals surface area contributed by atoms with Crippen LogP contribution in [0.4, 0.5) is 0 Å². The van der Waals surface area contributed by atoms with Gasteiger partial charge in [-0.2, -0.15) is 0 Å². The van der Waals surface area contributed by atoms with Gasteiger partial charge >= 0.3 is 0 Å². The van der Waals surface area contributed by atoms with Crippen molar-refractivity contribution in [1.29, 1.82) is 0 Å². The first-order chi connectivity index (χ1) is 21.7. The maximum Gasteiger partial charge on any atom is 0.160 e. The molecule has 7 heteroatoms. The molecule has 6 rings (SSSR count). The number of benzene rings is 3. The Balaban J connectivity index is 1.47. The van der Waals surface area contributed by atoms with Crippen molar-refractivity contribution >= 4 is 5.78 Å². The predicted octanol–water partition coefficient (Wildman–Crippen LogP) is 5.53. The molecule has 3 aliphatic rings. The molecule has 0 aromatic heterocycles. The minimum Gasteiger partial charge on any atom is -0.504 e. The maximum atomic E-state index is 13.9. The average molecular weight is 611 g/mol. The second-order valence-corrected chi connectivity index (χ2v) is 13.1. The lowest BCUT2D eigenvalue weighted by Gasteiger charge is -2.56. The van der Waals surface area contributed by atoms with E-state index in [0.29, 0.717) is 25.0 Å². The molecule has 0 spiro atoms. The molecule has 0 radical (unpaired) electrons. The third kappa shape index (κ3) is 5.78. The lowest BCUT2D eigenvalue weighted by Crippen LogP contribution is -2.59. The first-order valence-corrected chi connectivity index (χ1v) is 16.0. The summed E-state index contributed by atoms with van der Waals surface area (Å²) in [6.45, 7) is 0. The number of aliphatic hydroxyl groups excluding tert-OH is 2. The fourth-order valence-electron chi connectivity index (χ4n) is 8.61. The summed E-state index contributed by atoms with van der Waals surface area (Å²) in [4.78, 5) is 13.9. The van der Waals surface area contributed by atoms with E-state index in [1.54, 1.807) is 24.3 Å². The van der Waals surface area contributed by atoms with Gasteiger partial charge in [0.25, 0.3) is 0 Å². The summed E-state index contributed by atoms with van der Waals surface area (Å²) in [5.41, 5.74) is 2.62. The number of methoxy groups -OCH3 is 1. The molecule has 0 bridgehead atoms. The van der Waals surface area contributed by atoms with E-state index in [0.717, 1.165) is 41.5 Å². The van der Waals surface area contributed by atoms with Crippen molar-refractivity contribution in [3.8, 4) is 34.8 Å². The summed E-state index contributed by atoms with van der Waals surface area (Å²) in [5, 5.41) is 55.0. The molecule has 0 saturated heterocycles. The molecule has 3 aliphatic carbocycles. The standard InChI is InChI=1S/C38H42O7/c1-45-36-19-25(14-16-32(36)40)29-20-28(39)21-33(41)30(11-5-9-24(29)17-23-7-3-2-4-8-23)38-27(10-6-12-37(38)44)15-13-26-18-34(42)35(43)22-31(26)38/h2-4,7-8,14,16,18-19,22,24,27,29-30,33,37,40-44H,6,10-13,15,17,20-21H2,1H3/t24-,27+,29-,30+,33-,37+,38+/m0/s1. The Morgan fingerprint density at radius 1 is 0.911 bits per heavy atom. The number of hydrogen-bond acceptors (Lipinski definition) is 7. The molecular formula is C38H42O7. The molecule has 1 saturated carbocycles. The first kappa shape index (κ1) is 31.0. The van der Waals surface area contributed by atoms with Crippen LogP contribution in [0.25, 0.3) is 0 Å². The Morgan fingerprint density at radius 2 is 1.69 bits per heavy atom. The molecule has 236 valence electrons. The number of hydrogen-bond donors (Lipinski definition) is 5. The smallest absolute Gasteiger partial charge is 0.160 e. The second-order valence-electron chi connectivity index (χ2n) is 13.1. The number of Topliss-reactive ketones (excluding diaryl/α,β-unsaturated/α-hetero) is 1. The molecule has 3 aromatic carbocycles. The second kappa shape index (κ2) is 12.8. The maximum absolute atomic E-state index is 13.9. The zero-order valence-electron chi connectivity index (χ0n) is 25.7. The number of ether oxygens (including phenoxy) is 1. The highest BCUT2D eigenvalue weighted by atomic mass is 16.5. The number of aromatic hydroxyl groups is 3. The number of carbonyl (C=O) groups is 1. The predicted molar refractivity (Wildman–Crippen MR) is 170 cm³/mol. The highest BCUT2D eigenvalue weighted by Gasteiger charge is 2.57. The van der Waals surface area contributed by atoms with Gasteiger partial charge in [-0.25, -0.2) is 0 Å². The number of phenolic OH excluding ortho intramolecular Hbond substituents is 3. The van der Waals surface area contributed by atoms with Gasteiger partial charge in [0.2, 0.25) is 0 Å². The summed E-state index contributed by atoms with van der Waals surface area (Å²) < 4.78 is 5.39. The van der Waals surface area contributed by atoms with Crippen LogP contribution in [0.5, 0.6) is 23.0 Å². The van der Waals surface area contributed by atoms with Gasteiger partial charge in [-0.3, -0.25) is 4.79 Å². The van der Waals surface area contributed by atoms with Crippen molar-refractivity contribution in [2.45, 2.75) is 81.3 Å². The number of carbonyl (C=O) groups excluding carboxylic acids is 1. The minimum atomic E-state index is -1.07. The van der Waals surface area contributed by atoms with Crippen LogP contribution in [0.3, 0.4) is 0 Å². The van der Waals surface area contributed by atoms with Crippen molar-refractivity contribution < 1.29 is 35.1 Å². The van der Waals surface area contributed by atoms with Crippen molar-refractivity contribution in [2.24, 2.45) is 17.8 Å². The summed E-state index contributed by atoms with van der Waals surface area (Å²) in [6, 6.07) is 18.3. The molecule has 5 N–H and O–H groups in total. The molecule has 1 fully saturated rings. The van der Waals surface area contributed by atoms with Crippen LogP contribution in [-0.2, 0) is 23.1 Å². The van der Waals surface area contributed by atoms with Gasteiger partial charge in [-0.05, 0) is 84.5 Å². The van der Waals surface area contributed by atoms with Crippen LogP contribution in [0.2, 0.25) is 0 Å². The van der Waals surface area contributed by atoms with E-state index in [1.807, 2.05) is 36.4 Å². The Hall–Kier alpha value is -3.99. The quantitative estimate of drug-likeness (QED) is 0.190. The molecule has 0 heterocycles. The fraction of sp³-hybridized carbons (Fsp3) is 0.447. The van der Waals surface area contributed by atoms with Crippen molar-refractivity contribution in [2.75, 3.05) is 7.11 Å². The highest BCUT2D eigenvalue weighted by molar-refractivity contribution is 5.80. The van der Waals surface area contributed by atoms with E-state index in [-0.39, 0.29) is 60.0 Å². The van der Waals surface area contributed by atoms with Gasteiger partial charge < -0.3 is 30.3 Å². The lowest BCUT2D eigenvalue weighted by atomic mass is 9.49. The van der Waals surface area contributed by atoms with Crippen LogP contribution in [-0.4, -0.2) is 50.6 Å². The lowest BCUT2D eigenvalue weighted by molar-refractivity contribution is -0.125. The fourth-order valence-corrected chi connectivity index (χ4v) is 8.61. The average Bonchev–Trinajstić information content (AvgIpc) is 3.03. The topological polar surface area (TPSA) is 127 Å². The Kier molecular flexibility index (Phi) is 8.81. The van der Waals surface area contributed by atoms with Crippen LogP contribution in [0, 0.1) is 29.6 Å². The Labute approximate surface area is 264 Å². The normalized spacial score (nSPS) is 29.9. The molecule has 45 heavy (non-hydrogen) atoms. The summed E-state index contributed by atoms with van der Waals surface area (Å²) in [5.74, 6) is 5.67. The Morgan fingerprint density at radius 3 is 2.47 bits per heavy atom. The van der Waals surface area contributed by atoms with Crippen molar-refractivity contribution in [3.05, 3.63) is 82.9 Å². The van der Waals surface area contributed by atoms with Crippen molar-refractivity contribution in [1.82, 2.24) is 0 Å². The van der Waals surface area contributed by atoms with E-state index in [1.165, 1.54) is 7.11 Å². The zero-order chi connectivity index (χ0) is 31.7. The third-order valence-electron chi connectivity index (χ3n) is 10.7. The van der Waals surface area contributed by atoms with Gasteiger partial charge in [0.1, 0.15) is 5.78 Å². The highest BCUT2D eigenvalue weighted by Crippen LogP contribution is 2.57. The summed E-state index contributed by atoms with van der Waals surface area (Å²) in [6.07, 6.45) is 2.82. The largest absolute Gasteiger partial charge is 0.504 e. The molecular weight excluding hydrogens is 568 g/mol. The van der Waals surface area contributed by atoms with Gasteiger partial charge in [0.15, 0.2) is 23.0 Å².